The molecule has 0 fully saturated rings. The molecule has 2 rings (SSSR count). The Morgan fingerprint density at radius 2 is 1.89 bits per heavy atom. The summed E-state index contributed by atoms with van der Waals surface area (Å²) in [6, 6.07) is 7.64. The van der Waals surface area contributed by atoms with Crippen LogP contribution in [0.2, 0.25) is 0 Å². The first kappa shape index (κ1) is 12.9. The number of halogens is 1. The molecule has 0 aliphatic heterocycles. The summed E-state index contributed by atoms with van der Waals surface area (Å²) in [6.45, 7) is 0.363. The fraction of sp³-hybridized carbons (Fsp3) is 0.333. The maximum Gasteiger partial charge on any atom is 0.163 e. The molecular formula is C12H14ClN3O2. The third kappa shape index (κ3) is 2.32. The third-order valence-corrected chi connectivity index (χ3v) is 2.76. The van der Waals surface area contributed by atoms with E-state index in [0.717, 1.165) is 11.4 Å². The van der Waals surface area contributed by atoms with Crippen LogP contribution in [0.25, 0.3) is 5.69 Å². The van der Waals surface area contributed by atoms with Gasteiger partial charge in [0.2, 0.25) is 0 Å². The monoisotopic (exact) mass is 267 g/mol. The molecule has 0 spiro atoms. The Kier molecular flexibility index (Phi) is 4.17. The predicted octanol–water partition coefficient (Wildman–Crippen LogP) is 2.16. The van der Waals surface area contributed by atoms with Crippen molar-refractivity contribution in [3.63, 3.8) is 0 Å². The molecule has 6 heteroatoms. The van der Waals surface area contributed by atoms with Crippen LogP contribution in [0, 0.1) is 0 Å². The van der Waals surface area contributed by atoms with Crippen LogP contribution in [0.5, 0.6) is 5.75 Å². The van der Waals surface area contributed by atoms with Crippen LogP contribution in [0.1, 0.15) is 11.6 Å². The van der Waals surface area contributed by atoms with Gasteiger partial charge in [-0.1, -0.05) is 12.1 Å². The molecule has 0 saturated carbocycles. The number of ether oxygens (including phenoxy) is 2. The van der Waals surface area contributed by atoms with Crippen LogP contribution >= 0.6 is 11.6 Å². The van der Waals surface area contributed by atoms with Crippen LogP contribution in [0.15, 0.2) is 24.3 Å². The lowest BCUT2D eigenvalue weighted by atomic mass is 10.3. The summed E-state index contributed by atoms with van der Waals surface area (Å²) in [7, 11) is 3.24. The molecule has 0 aliphatic rings. The van der Waals surface area contributed by atoms with Crippen LogP contribution < -0.4 is 4.74 Å². The molecule has 0 atom stereocenters. The van der Waals surface area contributed by atoms with E-state index in [1.165, 1.54) is 0 Å². The first-order chi connectivity index (χ1) is 8.81. The predicted molar refractivity (Wildman–Crippen MR) is 68.2 cm³/mol. The van der Waals surface area contributed by atoms with Gasteiger partial charge >= 0.3 is 0 Å². The van der Waals surface area contributed by atoms with Crippen LogP contribution in [-0.2, 0) is 17.2 Å². The van der Waals surface area contributed by atoms with E-state index in [4.69, 9.17) is 21.1 Å². The highest BCUT2D eigenvalue weighted by molar-refractivity contribution is 6.16. The Bertz CT molecular complexity index is 528. The van der Waals surface area contributed by atoms with Gasteiger partial charge in [-0.2, -0.15) is 0 Å². The normalized spacial score (nSPS) is 10.6. The van der Waals surface area contributed by atoms with Crippen molar-refractivity contribution in [3.05, 3.63) is 35.9 Å². The maximum absolute atomic E-state index is 5.89. The minimum absolute atomic E-state index is 0.273. The van der Waals surface area contributed by atoms with E-state index in [-0.39, 0.29) is 5.88 Å². The second-order valence-corrected chi connectivity index (χ2v) is 3.87. The summed E-state index contributed by atoms with van der Waals surface area (Å²) in [5, 5.41) is 8.13. The van der Waals surface area contributed by atoms with Crippen molar-refractivity contribution in [3.8, 4) is 11.4 Å². The van der Waals surface area contributed by atoms with Gasteiger partial charge in [0.1, 0.15) is 12.4 Å². The van der Waals surface area contributed by atoms with Gasteiger partial charge in [0.05, 0.1) is 18.7 Å². The highest BCUT2D eigenvalue weighted by Gasteiger charge is 2.15. The number of rotatable bonds is 5. The number of benzene rings is 1. The van der Waals surface area contributed by atoms with Crippen LogP contribution in [0.4, 0.5) is 0 Å². The summed E-state index contributed by atoms with van der Waals surface area (Å²) in [6.07, 6.45) is 0. The quantitative estimate of drug-likeness (QED) is 0.779. The van der Waals surface area contributed by atoms with Gasteiger partial charge < -0.3 is 9.47 Å². The first-order valence-electron chi connectivity index (χ1n) is 5.43. The minimum Gasteiger partial charge on any atom is -0.495 e. The van der Waals surface area contributed by atoms with E-state index in [1.54, 1.807) is 14.2 Å². The van der Waals surface area contributed by atoms with Gasteiger partial charge in [-0.05, 0) is 12.1 Å². The molecule has 0 bridgehead atoms. The summed E-state index contributed by atoms with van der Waals surface area (Å²) in [4.78, 5) is 0. The molecule has 1 aromatic heterocycles. The fourth-order valence-electron chi connectivity index (χ4n) is 1.76. The SMILES string of the molecule is COCc1nnc(CCl)n1-c1ccccc1OC. The first-order valence-corrected chi connectivity index (χ1v) is 5.96. The second-order valence-electron chi connectivity index (χ2n) is 3.61. The zero-order chi connectivity index (χ0) is 13.0. The smallest absolute Gasteiger partial charge is 0.163 e. The summed E-state index contributed by atoms with van der Waals surface area (Å²) >= 11 is 5.89. The zero-order valence-electron chi connectivity index (χ0n) is 10.3. The van der Waals surface area contributed by atoms with E-state index < -0.39 is 0 Å². The van der Waals surface area contributed by atoms with E-state index in [0.29, 0.717) is 18.3 Å². The minimum atomic E-state index is 0.273. The number of hydrogen-bond acceptors (Lipinski definition) is 4. The number of para-hydroxylation sites is 2. The van der Waals surface area contributed by atoms with Crippen LogP contribution in [-0.4, -0.2) is 29.0 Å². The summed E-state index contributed by atoms with van der Waals surface area (Å²) < 4.78 is 12.3. The average Bonchev–Trinajstić information content (AvgIpc) is 2.82. The largest absolute Gasteiger partial charge is 0.495 e. The highest BCUT2D eigenvalue weighted by atomic mass is 35.5. The molecule has 0 aliphatic carbocycles. The number of nitrogens with zero attached hydrogens (tertiary/aromatic N) is 3. The topological polar surface area (TPSA) is 49.2 Å². The molecule has 5 nitrogen and oxygen atoms in total. The third-order valence-electron chi connectivity index (χ3n) is 2.52. The molecule has 0 amide bonds. The van der Waals surface area contributed by atoms with E-state index in [1.807, 2.05) is 28.8 Å². The number of methoxy groups -OCH3 is 2. The lowest BCUT2D eigenvalue weighted by Crippen LogP contribution is -2.07. The molecule has 0 unspecified atom stereocenters. The Morgan fingerprint density at radius 1 is 1.17 bits per heavy atom. The van der Waals surface area contributed by atoms with Gasteiger partial charge in [-0.25, -0.2) is 0 Å². The van der Waals surface area contributed by atoms with Crippen molar-refractivity contribution >= 4 is 11.6 Å². The Labute approximate surface area is 110 Å². The molecule has 2 aromatic rings. The van der Waals surface area contributed by atoms with Crippen molar-refractivity contribution in [1.29, 1.82) is 0 Å². The molecule has 0 N–H and O–H groups in total. The van der Waals surface area contributed by atoms with Crippen molar-refractivity contribution in [1.82, 2.24) is 14.8 Å². The zero-order valence-corrected chi connectivity index (χ0v) is 11.0. The molecule has 0 radical (unpaired) electrons. The average molecular weight is 268 g/mol. The molecule has 1 heterocycles. The number of aromatic nitrogens is 3. The molecule has 1 aromatic carbocycles. The Hall–Kier alpha value is -1.59. The summed E-state index contributed by atoms with van der Waals surface area (Å²) in [5.74, 6) is 2.36. The van der Waals surface area contributed by atoms with E-state index >= 15 is 0 Å². The van der Waals surface area contributed by atoms with E-state index in [9.17, 15) is 0 Å². The van der Waals surface area contributed by atoms with Crippen molar-refractivity contribution in [2.75, 3.05) is 14.2 Å². The maximum atomic E-state index is 5.89. The second kappa shape index (κ2) is 5.84. The fourth-order valence-corrected chi connectivity index (χ4v) is 1.93. The lowest BCUT2D eigenvalue weighted by molar-refractivity contribution is 0.176. The van der Waals surface area contributed by atoms with Gasteiger partial charge in [0.25, 0.3) is 0 Å². The van der Waals surface area contributed by atoms with Crippen molar-refractivity contribution in [2.45, 2.75) is 12.5 Å². The van der Waals surface area contributed by atoms with E-state index in [2.05, 4.69) is 10.2 Å². The van der Waals surface area contributed by atoms with Crippen LogP contribution in [0.3, 0.4) is 0 Å². The lowest BCUT2D eigenvalue weighted by Gasteiger charge is -2.12. The molecular weight excluding hydrogens is 254 g/mol. The highest BCUT2D eigenvalue weighted by Crippen LogP contribution is 2.25. The molecule has 18 heavy (non-hydrogen) atoms. The molecule has 0 saturated heterocycles. The number of alkyl halides is 1. The van der Waals surface area contributed by atoms with Gasteiger partial charge in [0, 0.05) is 7.11 Å². The summed E-state index contributed by atoms with van der Waals surface area (Å²) in [5.41, 5.74) is 0.854. The standard InChI is InChI=1S/C12H14ClN3O2/c1-17-8-12-15-14-11(7-13)16(12)9-5-3-4-6-10(9)18-2/h3-6H,7-8H2,1-2H3. The van der Waals surface area contributed by atoms with Gasteiger partial charge in [-0.3, -0.25) is 4.57 Å². The Morgan fingerprint density at radius 3 is 2.56 bits per heavy atom. The van der Waals surface area contributed by atoms with Crippen molar-refractivity contribution in [2.24, 2.45) is 0 Å². The number of hydrogen-bond donors (Lipinski definition) is 0. The Balaban J connectivity index is 2.57. The molecule has 96 valence electrons. The van der Waals surface area contributed by atoms with Crippen molar-refractivity contribution < 1.29 is 9.47 Å². The van der Waals surface area contributed by atoms with Gasteiger partial charge in [-0.15, -0.1) is 21.8 Å². The van der Waals surface area contributed by atoms with Gasteiger partial charge in [0.15, 0.2) is 11.6 Å².